The Morgan fingerprint density at radius 2 is 1.71 bits per heavy atom. The Kier molecular flexibility index (Phi) is 3.92. The van der Waals surface area contributed by atoms with Crippen molar-refractivity contribution < 1.29 is 9.50 Å². The van der Waals surface area contributed by atoms with E-state index < -0.39 is 0 Å². The monoisotopic (exact) mass is 294 g/mol. The maximum Gasteiger partial charge on any atom is 0.123 e. The topological polar surface area (TPSA) is 20.2 Å². The van der Waals surface area contributed by atoms with Gasteiger partial charge >= 0.3 is 0 Å². The minimum absolute atomic E-state index is 0.00989. The van der Waals surface area contributed by atoms with Gasteiger partial charge < -0.3 is 5.11 Å². The Hall–Kier alpha value is -1.19. The van der Waals surface area contributed by atoms with Crippen molar-refractivity contribution in [1.82, 2.24) is 0 Å². The first-order valence-corrected chi connectivity index (χ1v) is 6.11. The maximum absolute atomic E-state index is 12.8. The fourth-order valence-corrected chi connectivity index (χ4v) is 2.14. The summed E-state index contributed by atoms with van der Waals surface area (Å²) in [6.07, 6.45) is 0.698. The van der Waals surface area contributed by atoms with Crippen LogP contribution in [0.1, 0.15) is 16.7 Å². The van der Waals surface area contributed by atoms with Crippen LogP contribution < -0.4 is 0 Å². The molecule has 0 aliphatic heterocycles. The highest BCUT2D eigenvalue weighted by atomic mass is 79.9. The Balaban J connectivity index is 2.26. The average Bonchev–Trinajstić information content (AvgIpc) is 2.34. The van der Waals surface area contributed by atoms with Gasteiger partial charge in [0, 0.05) is 4.47 Å². The first kappa shape index (κ1) is 12.3. The number of hydrogen-bond acceptors (Lipinski definition) is 1. The van der Waals surface area contributed by atoms with E-state index in [2.05, 4.69) is 15.9 Å². The van der Waals surface area contributed by atoms with Gasteiger partial charge in [-0.05, 0) is 47.4 Å². The van der Waals surface area contributed by atoms with Gasteiger partial charge in [0.15, 0.2) is 0 Å². The van der Waals surface area contributed by atoms with Gasteiger partial charge in [0.2, 0.25) is 0 Å². The third-order valence-electron chi connectivity index (χ3n) is 2.65. The summed E-state index contributed by atoms with van der Waals surface area (Å²) in [6.45, 7) is 0.00989. The van der Waals surface area contributed by atoms with Crippen LogP contribution in [0.25, 0.3) is 0 Å². The van der Waals surface area contributed by atoms with Crippen LogP contribution in [-0.4, -0.2) is 5.11 Å². The van der Waals surface area contributed by atoms with Gasteiger partial charge in [0.25, 0.3) is 0 Å². The lowest BCUT2D eigenvalue weighted by Gasteiger charge is -2.08. The average molecular weight is 295 g/mol. The van der Waals surface area contributed by atoms with Crippen molar-refractivity contribution in [1.29, 1.82) is 0 Å². The van der Waals surface area contributed by atoms with Crippen molar-refractivity contribution in [2.24, 2.45) is 0 Å². The van der Waals surface area contributed by atoms with Gasteiger partial charge in [0.05, 0.1) is 6.61 Å². The Labute approximate surface area is 108 Å². The summed E-state index contributed by atoms with van der Waals surface area (Å²) in [6, 6.07) is 12.2. The van der Waals surface area contributed by atoms with E-state index in [1.807, 2.05) is 18.2 Å². The number of aliphatic hydroxyl groups excluding tert-OH is 1. The third-order valence-corrected chi connectivity index (χ3v) is 3.14. The minimum atomic E-state index is -0.230. The molecule has 88 valence electrons. The molecule has 0 saturated heterocycles. The zero-order chi connectivity index (χ0) is 12.3. The first-order chi connectivity index (χ1) is 8.19. The minimum Gasteiger partial charge on any atom is -0.392 e. The molecule has 0 fully saturated rings. The molecule has 0 aliphatic carbocycles. The van der Waals surface area contributed by atoms with Gasteiger partial charge in [-0.1, -0.05) is 34.1 Å². The number of rotatable bonds is 3. The van der Waals surface area contributed by atoms with Crippen LogP contribution in [0, 0.1) is 5.82 Å². The summed E-state index contributed by atoms with van der Waals surface area (Å²) < 4.78 is 13.7. The Morgan fingerprint density at radius 1 is 1.00 bits per heavy atom. The van der Waals surface area contributed by atoms with Crippen molar-refractivity contribution in [3.63, 3.8) is 0 Å². The summed E-state index contributed by atoms with van der Waals surface area (Å²) in [5.41, 5.74) is 2.98. The molecule has 1 nitrogen and oxygen atoms in total. The third kappa shape index (κ3) is 3.14. The Bertz CT molecular complexity index is 508. The van der Waals surface area contributed by atoms with Crippen LogP contribution in [-0.2, 0) is 13.0 Å². The highest BCUT2D eigenvalue weighted by Crippen LogP contribution is 2.19. The molecule has 0 radical (unpaired) electrons. The summed E-state index contributed by atoms with van der Waals surface area (Å²) in [4.78, 5) is 0. The van der Waals surface area contributed by atoms with Crippen molar-refractivity contribution in [3.05, 3.63) is 69.4 Å². The van der Waals surface area contributed by atoms with E-state index in [-0.39, 0.29) is 12.4 Å². The molecule has 0 spiro atoms. The van der Waals surface area contributed by atoms with E-state index in [0.717, 1.165) is 21.2 Å². The van der Waals surface area contributed by atoms with Crippen LogP contribution in [0.3, 0.4) is 0 Å². The van der Waals surface area contributed by atoms with Gasteiger partial charge in [-0.15, -0.1) is 0 Å². The molecule has 0 heterocycles. The largest absolute Gasteiger partial charge is 0.392 e. The molecule has 0 unspecified atom stereocenters. The SMILES string of the molecule is OCc1cc(Br)ccc1Cc1ccc(F)cc1. The summed E-state index contributed by atoms with van der Waals surface area (Å²) in [5.74, 6) is -0.230. The van der Waals surface area contributed by atoms with E-state index in [0.29, 0.717) is 6.42 Å². The second-order valence-corrected chi connectivity index (χ2v) is 4.79. The van der Waals surface area contributed by atoms with Gasteiger partial charge in [0.1, 0.15) is 5.82 Å². The van der Waals surface area contributed by atoms with Crippen molar-refractivity contribution in [3.8, 4) is 0 Å². The van der Waals surface area contributed by atoms with Crippen LogP contribution in [0.2, 0.25) is 0 Å². The molecular weight excluding hydrogens is 283 g/mol. The second kappa shape index (κ2) is 5.43. The highest BCUT2D eigenvalue weighted by Gasteiger charge is 2.04. The van der Waals surface area contributed by atoms with E-state index in [1.165, 1.54) is 12.1 Å². The lowest BCUT2D eigenvalue weighted by Crippen LogP contribution is -1.96. The van der Waals surface area contributed by atoms with Gasteiger partial charge in [-0.25, -0.2) is 4.39 Å². The van der Waals surface area contributed by atoms with E-state index >= 15 is 0 Å². The molecule has 17 heavy (non-hydrogen) atoms. The van der Waals surface area contributed by atoms with Crippen LogP contribution in [0.4, 0.5) is 4.39 Å². The summed E-state index contributed by atoms with van der Waals surface area (Å²) in [7, 11) is 0. The van der Waals surface area contributed by atoms with E-state index in [1.54, 1.807) is 12.1 Å². The van der Waals surface area contributed by atoms with Crippen molar-refractivity contribution in [2.45, 2.75) is 13.0 Å². The van der Waals surface area contributed by atoms with Crippen LogP contribution >= 0.6 is 15.9 Å². The molecule has 0 aromatic heterocycles. The molecule has 1 N–H and O–H groups in total. The standard InChI is InChI=1S/C14H12BrFO/c15-13-4-3-11(12(8-13)9-17)7-10-1-5-14(16)6-2-10/h1-6,8,17H,7,9H2. The zero-order valence-electron chi connectivity index (χ0n) is 9.16. The molecule has 2 aromatic carbocycles. The lowest BCUT2D eigenvalue weighted by molar-refractivity contribution is 0.280. The second-order valence-electron chi connectivity index (χ2n) is 3.87. The Morgan fingerprint density at radius 3 is 2.35 bits per heavy atom. The lowest BCUT2D eigenvalue weighted by atomic mass is 10.0. The van der Waals surface area contributed by atoms with E-state index in [4.69, 9.17) is 0 Å². The number of aliphatic hydroxyl groups is 1. The molecule has 0 amide bonds. The van der Waals surface area contributed by atoms with Gasteiger partial charge in [-0.2, -0.15) is 0 Å². The highest BCUT2D eigenvalue weighted by molar-refractivity contribution is 9.10. The molecule has 3 heteroatoms. The number of benzene rings is 2. The smallest absolute Gasteiger partial charge is 0.123 e. The maximum atomic E-state index is 12.8. The summed E-state index contributed by atoms with van der Waals surface area (Å²) >= 11 is 3.37. The summed E-state index contributed by atoms with van der Waals surface area (Å²) in [5, 5.41) is 9.28. The molecule has 0 saturated carbocycles. The number of halogens is 2. The molecule has 0 atom stereocenters. The molecule has 0 aliphatic rings. The van der Waals surface area contributed by atoms with E-state index in [9.17, 15) is 9.50 Å². The van der Waals surface area contributed by atoms with Crippen LogP contribution in [0.15, 0.2) is 46.9 Å². The number of hydrogen-bond donors (Lipinski definition) is 1. The van der Waals surface area contributed by atoms with Crippen molar-refractivity contribution >= 4 is 15.9 Å². The normalized spacial score (nSPS) is 10.5. The first-order valence-electron chi connectivity index (χ1n) is 5.31. The predicted octanol–water partition coefficient (Wildman–Crippen LogP) is 3.67. The molecule has 2 aromatic rings. The fraction of sp³-hybridized carbons (Fsp3) is 0.143. The van der Waals surface area contributed by atoms with Crippen LogP contribution in [0.5, 0.6) is 0 Å². The fourth-order valence-electron chi connectivity index (χ4n) is 1.74. The zero-order valence-corrected chi connectivity index (χ0v) is 10.7. The van der Waals surface area contributed by atoms with Gasteiger partial charge in [-0.3, -0.25) is 0 Å². The predicted molar refractivity (Wildman–Crippen MR) is 69.3 cm³/mol. The molecule has 2 rings (SSSR count). The quantitative estimate of drug-likeness (QED) is 0.916. The van der Waals surface area contributed by atoms with Crippen molar-refractivity contribution in [2.75, 3.05) is 0 Å². The molecular formula is C14H12BrFO. The molecule has 0 bridgehead atoms.